The molecule has 3 aromatic rings. The van der Waals surface area contributed by atoms with E-state index in [1.54, 1.807) is 6.07 Å². The normalized spacial score (nSPS) is 11.5. The fraction of sp³-hybridized carbons (Fsp3) is 0.333. The van der Waals surface area contributed by atoms with Crippen molar-refractivity contribution in [3.05, 3.63) is 71.2 Å². The summed E-state index contributed by atoms with van der Waals surface area (Å²) in [5, 5.41) is 5.90. The van der Waals surface area contributed by atoms with Crippen molar-refractivity contribution in [3.63, 3.8) is 0 Å². The second-order valence-corrected chi connectivity index (χ2v) is 8.43. The van der Waals surface area contributed by atoms with Gasteiger partial charge in [-0.2, -0.15) is 0 Å². The van der Waals surface area contributed by atoms with E-state index in [-0.39, 0.29) is 29.3 Å². The van der Waals surface area contributed by atoms with E-state index < -0.39 is 0 Å². The summed E-state index contributed by atoms with van der Waals surface area (Å²) in [7, 11) is 1.54. The number of aromatic nitrogens is 2. The SMILES string of the molecule is CC[C@@H](C)NC(=O)CCc1ccc(Oc2ncncc2C(=O)Nc2c(C)cccc2C)c(OC)c1. The van der Waals surface area contributed by atoms with E-state index in [1.807, 2.05) is 58.0 Å². The molecule has 2 amide bonds. The Morgan fingerprint density at radius 2 is 1.83 bits per heavy atom. The van der Waals surface area contributed by atoms with Gasteiger partial charge in [0.2, 0.25) is 11.8 Å². The number of para-hydroxylation sites is 1. The van der Waals surface area contributed by atoms with E-state index in [0.29, 0.717) is 24.3 Å². The predicted octanol–water partition coefficient (Wildman–Crippen LogP) is 4.99. The highest BCUT2D eigenvalue weighted by Gasteiger charge is 2.19. The first kappa shape index (κ1) is 25.7. The van der Waals surface area contributed by atoms with Crippen LogP contribution in [-0.4, -0.2) is 34.9 Å². The van der Waals surface area contributed by atoms with Crippen molar-refractivity contribution in [1.29, 1.82) is 0 Å². The summed E-state index contributed by atoms with van der Waals surface area (Å²) in [5.74, 6) is 0.632. The van der Waals surface area contributed by atoms with Gasteiger partial charge in [0, 0.05) is 24.3 Å². The third-order valence-electron chi connectivity index (χ3n) is 5.74. The first-order chi connectivity index (χ1) is 16.8. The number of nitrogens with one attached hydrogen (secondary N) is 2. The molecule has 2 aromatic carbocycles. The molecule has 0 radical (unpaired) electrons. The monoisotopic (exact) mass is 476 g/mol. The number of rotatable bonds is 10. The van der Waals surface area contributed by atoms with Crippen LogP contribution in [0.15, 0.2) is 48.9 Å². The number of aryl methyl sites for hydroxylation is 3. The molecular formula is C27H32N4O4. The Hall–Kier alpha value is -3.94. The number of amides is 2. The molecule has 0 saturated carbocycles. The zero-order valence-corrected chi connectivity index (χ0v) is 20.8. The molecule has 3 rings (SSSR count). The molecular weight excluding hydrogens is 444 g/mol. The summed E-state index contributed by atoms with van der Waals surface area (Å²) in [6.45, 7) is 7.88. The van der Waals surface area contributed by atoms with E-state index >= 15 is 0 Å². The van der Waals surface area contributed by atoms with Crippen molar-refractivity contribution in [1.82, 2.24) is 15.3 Å². The van der Waals surface area contributed by atoms with Crippen molar-refractivity contribution >= 4 is 17.5 Å². The Bertz CT molecular complexity index is 1180. The molecule has 8 heteroatoms. The minimum absolute atomic E-state index is 0.0131. The summed E-state index contributed by atoms with van der Waals surface area (Å²) < 4.78 is 11.5. The standard InChI is InChI=1S/C27H32N4O4/c1-6-19(4)30-24(32)13-11-20-10-12-22(23(14-20)34-5)35-27-21(15-28-16-29-27)26(33)31-25-17(2)8-7-9-18(25)3/h7-10,12,14-16,19H,6,11,13H2,1-5H3,(H,30,32)(H,31,33)/t19-/m1/s1. The molecule has 1 aromatic heterocycles. The first-order valence-corrected chi connectivity index (χ1v) is 11.6. The van der Waals surface area contributed by atoms with Crippen LogP contribution in [0.2, 0.25) is 0 Å². The molecule has 0 aliphatic carbocycles. The van der Waals surface area contributed by atoms with Crippen molar-refractivity contribution in [2.45, 2.75) is 53.0 Å². The summed E-state index contributed by atoms with van der Waals surface area (Å²) in [6, 6.07) is 11.4. The van der Waals surface area contributed by atoms with E-state index in [2.05, 4.69) is 20.6 Å². The maximum absolute atomic E-state index is 13.0. The van der Waals surface area contributed by atoms with Crippen LogP contribution in [0.25, 0.3) is 0 Å². The van der Waals surface area contributed by atoms with Crippen LogP contribution in [0, 0.1) is 13.8 Å². The number of hydrogen-bond donors (Lipinski definition) is 2. The number of benzene rings is 2. The number of carbonyl (C=O) groups is 2. The zero-order chi connectivity index (χ0) is 25.4. The minimum Gasteiger partial charge on any atom is -0.493 e. The van der Waals surface area contributed by atoms with Crippen LogP contribution >= 0.6 is 0 Å². The number of carbonyl (C=O) groups excluding carboxylic acids is 2. The Morgan fingerprint density at radius 1 is 1.09 bits per heavy atom. The molecule has 184 valence electrons. The van der Waals surface area contributed by atoms with Gasteiger partial charge in [-0.3, -0.25) is 9.59 Å². The average Bonchev–Trinajstić information content (AvgIpc) is 2.85. The fourth-order valence-corrected chi connectivity index (χ4v) is 3.51. The average molecular weight is 477 g/mol. The maximum Gasteiger partial charge on any atom is 0.262 e. The Balaban J connectivity index is 1.76. The highest BCUT2D eigenvalue weighted by Crippen LogP contribution is 2.33. The molecule has 0 spiro atoms. The topological polar surface area (TPSA) is 102 Å². The molecule has 0 bridgehead atoms. The zero-order valence-electron chi connectivity index (χ0n) is 20.8. The van der Waals surface area contributed by atoms with Gasteiger partial charge in [-0.25, -0.2) is 9.97 Å². The molecule has 0 fully saturated rings. The number of anilines is 1. The lowest BCUT2D eigenvalue weighted by Gasteiger charge is -2.15. The molecule has 1 heterocycles. The molecule has 0 aliphatic rings. The largest absolute Gasteiger partial charge is 0.493 e. The lowest BCUT2D eigenvalue weighted by molar-refractivity contribution is -0.121. The van der Waals surface area contributed by atoms with Gasteiger partial charge in [0.1, 0.15) is 11.9 Å². The highest BCUT2D eigenvalue weighted by molar-refractivity contribution is 6.06. The summed E-state index contributed by atoms with van der Waals surface area (Å²) in [6.07, 6.45) is 4.57. The van der Waals surface area contributed by atoms with Crippen molar-refractivity contribution in [2.75, 3.05) is 12.4 Å². The number of nitrogens with zero attached hydrogens (tertiary/aromatic N) is 2. The second-order valence-electron chi connectivity index (χ2n) is 8.43. The lowest BCUT2D eigenvalue weighted by atomic mass is 10.1. The fourth-order valence-electron chi connectivity index (χ4n) is 3.51. The Morgan fingerprint density at radius 3 is 2.51 bits per heavy atom. The molecule has 8 nitrogen and oxygen atoms in total. The van der Waals surface area contributed by atoms with Crippen LogP contribution < -0.4 is 20.1 Å². The molecule has 2 N–H and O–H groups in total. The first-order valence-electron chi connectivity index (χ1n) is 11.6. The molecule has 1 atom stereocenters. The van der Waals surface area contributed by atoms with Gasteiger partial charge in [-0.15, -0.1) is 0 Å². The minimum atomic E-state index is -0.374. The predicted molar refractivity (Wildman–Crippen MR) is 135 cm³/mol. The Kier molecular flexibility index (Phi) is 8.78. The van der Waals surface area contributed by atoms with Gasteiger partial charge < -0.3 is 20.1 Å². The summed E-state index contributed by atoms with van der Waals surface area (Å²) in [5.41, 5.74) is 3.78. The van der Waals surface area contributed by atoms with Gasteiger partial charge in [-0.05, 0) is 62.4 Å². The van der Waals surface area contributed by atoms with Crippen LogP contribution in [0.3, 0.4) is 0 Å². The van der Waals surface area contributed by atoms with Gasteiger partial charge in [0.25, 0.3) is 5.91 Å². The van der Waals surface area contributed by atoms with E-state index in [4.69, 9.17) is 9.47 Å². The van der Waals surface area contributed by atoms with Crippen molar-refractivity contribution < 1.29 is 19.1 Å². The number of methoxy groups -OCH3 is 1. The summed E-state index contributed by atoms with van der Waals surface area (Å²) in [4.78, 5) is 33.3. The second kappa shape index (κ2) is 12.0. The van der Waals surface area contributed by atoms with Gasteiger partial charge in [0.05, 0.1) is 7.11 Å². The molecule has 0 aliphatic heterocycles. The van der Waals surface area contributed by atoms with Gasteiger partial charge in [-0.1, -0.05) is 31.2 Å². The molecule has 35 heavy (non-hydrogen) atoms. The van der Waals surface area contributed by atoms with E-state index in [1.165, 1.54) is 19.6 Å². The van der Waals surface area contributed by atoms with E-state index in [0.717, 1.165) is 28.8 Å². The van der Waals surface area contributed by atoms with Crippen LogP contribution in [-0.2, 0) is 11.2 Å². The smallest absolute Gasteiger partial charge is 0.262 e. The third-order valence-corrected chi connectivity index (χ3v) is 5.74. The van der Waals surface area contributed by atoms with Gasteiger partial charge >= 0.3 is 0 Å². The third kappa shape index (κ3) is 6.79. The van der Waals surface area contributed by atoms with E-state index in [9.17, 15) is 9.59 Å². The molecule has 0 unspecified atom stereocenters. The Labute approximate surface area is 206 Å². The van der Waals surface area contributed by atoms with Crippen molar-refractivity contribution in [2.24, 2.45) is 0 Å². The summed E-state index contributed by atoms with van der Waals surface area (Å²) >= 11 is 0. The van der Waals surface area contributed by atoms with Crippen molar-refractivity contribution in [3.8, 4) is 17.4 Å². The quantitative estimate of drug-likeness (QED) is 0.427. The van der Waals surface area contributed by atoms with Crippen LogP contribution in [0.4, 0.5) is 5.69 Å². The molecule has 0 saturated heterocycles. The number of ether oxygens (including phenoxy) is 2. The highest BCUT2D eigenvalue weighted by atomic mass is 16.5. The van der Waals surface area contributed by atoms with Gasteiger partial charge in [0.15, 0.2) is 11.5 Å². The van der Waals surface area contributed by atoms with Crippen LogP contribution in [0.5, 0.6) is 17.4 Å². The van der Waals surface area contributed by atoms with Crippen LogP contribution in [0.1, 0.15) is 53.7 Å². The number of hydrogen-bond acceptors (Lipinski definition) is 6. The lowest BCUT2D eigenvalue weighted by Crippen LogP contribution is -2.31. The maximum atomic E-state index is 13.0.